The van der Waals surface area contributed by atoms with Crippen molar-refractivity contribution in [2.45, 2.75) is 39.8 Å². The molecule has 1 heterocycles. The van der Waals surface area contributed by atoms with E-state index in [1.54, 1.807) is 16.9 Å². The molecule has 1 saturated heterocycles. The van der Waals surface area contributed by atoms with Gasteiger partial charge >= 0.3 is 6.09 Å². The molecule has 0 aromatic heterocycles. The maximum Gasteiger partial charge on any atom is 0.410 e. The first-order valence-electron chi connectivity index (χ1n) is 10.3. The van der Waals surface area contributed by atoms with Gasteiger partial charge in [-0.05, 0) is 79.0 Å². The number of anilines is 1. The second kappa shape index (κ2) is 9.30. The highest BCUT2D eigenvalue weighted by molar-refractivity contribution is 9.10. The fourth-order valence-electron chi connectivity index (χ4n) is 3.36. The van der Waals surface area contributed by atoms with Gasteiger partial charge in [-0.1, -0.05) is 18.2 Å². The van der Waals surface area contributed by atoms with Gasteiger partial charge in [0.25, 0.3) is 0 Å². The summed E-state index contributed by atoms with van der Waals surface area (Å²) in [7, 11) is 1.63. The molecule has 0 bridgehead atoms. The second-order valence-corrected chi connectivity index (χ2v) is 9.66. The zero-order chi connectivity index (χ0) is 22.8. The molecule has 2 aromatic carbocycles. The highest BCUT2D eigenvalue weighted by Crippen LogP contribution is 2.32. The third-order valence-corrected chi connectivity index (χ3v) is 5.71. The number of hydrogen-bond acceptors (Lipinski definition) is 4. The van der Waals surface area contributed by atoms with Crippen molar-refractivity contribution >= 4 is 33.6 Å². The summed E-state index contributed by atoms with van der Waals surface area (Å²) < 4.78 is 11.5. The molecule has 1 fully saturated rings. The first kappa shape index (κ1) is 23.1. The van der Waals surface area contributed by atoms with E-state index in [9.17, 15) is 9.59 Å². The average Bonchev–Trinajstić information content (AvgIpc) is 2.66. The summed E-state index contributed by atoms with van der Waals surface area (Å²) in [4.78, 5) is 29.1. The summed E-state index contributed by atoms with van der Waals surface area (Å²) in [5.41, 5.74) is 2.32. The summed E-state index contributed by atoms with van der Waals surface area (Å²) in [6.07, 6.45) is -0.380. The van der Waals surface area contributed by atoms with Crippen molar-refractivity contribution in [2.24, 2.45) is 5.92 Å². The summed E-state index contributed by atoms with van der Waals surface area (Å²) >= 11 is 3.59. The van der Waals surface area contributed by atoms with Crippen LogP contribution in [0, 0.1) is 12.8 Å². The van der Waals surface area contributed by atoms with Gasteiger partial charge in [0.15, 0.2) is 0 Å². The Kier molecular flexibility index (Phi) is 6.94. The van der Waals surface area contributed by atoms with Crippen LogP contribution in [-0.2, 0) is 16.1 Å². The van der Waals surface area contributed by atoms with Gasteiger partial charge in [-0.2, -0.15) is 0 Å². The van der Waals surface area contributed by atoms with E-state index in [0.29, 0.717) is 19.6 Å². The van der Waals surface area contributed by atoms with Gasteiger partial charge in [0.1, 0.15) is 11.4 Å². The quantitative estimate of drug-likeness (QED) is 0.582. The largest absolute Gasteiger partial charge is 0.497 e. The molecular formula is C24H29BrN2O4. The van der Waals surface area contributed by atoms with Gasteiger partial charge in [0, 0.05) is 17.6 Å². The number of nitrogens with zero attached hydrogens (tertiary/aromatic N) is 2. The molecule has 0 spiro atoms. The van der Waals surface area contributed by atoms with E-state index in [2.05, 4.69) is 15.9 Å². The van der Waals surface area contributed by atoms with E-state index in [4.69, 9.17) is 9.47 Å². The molecule has 0 aliphatic carbocycles. The van der Waals surface area contributed by atoms with Gasteiger partial charge in [-0.3, -0.25) is 4.79 Å². The lowest BCUT2D eigenvalue weighted by atomic mass is 9.98. The lowest BCUT2D eigenvalue weighted by molar-refractivity contribution is -0.127. The Labute approximate surface area is 192 Å². The number of ether oxygens (including phenoxy) is 2. The number of hydrogen-bond donors (Lipinski definition) is 0. The number of halogens is 1. The number of benzene rings is 2. The van der Waals surface area contributed by atoms with Crippen LogP contribution in [-0.4, -0.2) is 42.7 Å². The highest BCUT2D eigenvalue weighted by atomic mass is 79.9. The van der Waals surface area contributed by atoms with Crippen LogP contribution in [0.1, 0.15) is 31.9 Å². The van der Waals surface area contributed by atoms with E-state index < -0.39 is 5.60 Å². The minimum Gasteiger partial charge on any atom is -0.497 e. The Morgan fingerprint density at radius 3 is 2.35 bits per heavy atom. The Hall–Kier alpha value is -2.54. The maximum atomic E-state index is 13.5. The molecule has 6 nitrogen and oxygen atoms in total. The van der Waals surface area contributed by atoms with Gasteiger partial charge in [0.05, 0.1) is 25.3 Å². The third-order valence-electron chi connectivity index (χ3n) is 5.04. The van der Waals surface area contributed by atoms with E-state index >= 15 is 0 Å². The third kappa shape index (κ3) is 5.79. The van der Waals surface area contributed by atoms with E-state index in [1.807, 2.05) is 70.2 Å². The standard InChI is InChI=1S/C24H29BrN2O4/c1-16-6-11-20(25)21(12-16)27(13-17-7-9-19(30-5)10-8-17)22(28)18-14-26(15-18)23(29)31-24(2,3)4/h6-12,18H,13-15H2,1-5H3. The van der Waals surface area contributed by atoms with E-state index in [0.717, 1.165) is 27.0 Å². The number of methoxy groups -OCH3 is 1. The van der Waals surface area contributed by atoms with Crippen LogP contribution in [0.5, 0.6) is 5.75 Å². The molecule has 7 heteroatoms. The molecule has 166 valence electrons. The van der Waals surface area contributed by atoms with Crippen LogP contribution in [0.2, 0.25) is 0 Å². The minimum absolute atomic E-state index is 0.0121. The predicted octanol–water partition coefficient (Wildman–Crippen LogP) is 5.17. The van der Waals surface area contributed by atoms with Crippen molar-refractivity contribution in [2.75, 3.05) is 25.1 Å². The Bertz CT molecular complexity index is 947. The van der Waals surface area contributed by atoms with Gasteiger partial charge < -0.3 is 19.3 Å². The smallest absolute Gasteiger partial charge is 0.410 e. The molecule has 1 aliphatic heterocycles. The van der Waals surface area contributed by atoms with Crippen molar-refractivity contribution in [1.29, 1.82) is 0 Å². The second-order valence-electron chi connectivity index (χ2n) is 8.81. The van der Waals surface area contributed by atoms with Crippen molar-refractivity contribution in [3.8, 4) is 5.75 Å². The first-order chi connectivity index (χ1) is 14.6. The molecule has 0 radical (unpaired) electrons. The number of aryl methyl sites for hydroxylation is 1. The van der Waals surface area contributed by atoms with Crippen LogP contribution in [0.4, 0.5) is 10.5 Å². The van der Waals surface area contributed by atoms with E-state index in [1.165, 1.54) is 0 Å². The van der Waals surface area contributed by atoms with Crippen molar-refractivity contribution in [1.82, 2.24) is 4.90 Å². The Balaban J connectivity index is 1.79. The predicted molar refractivity (Wildman–Crippen MR) is 124 cm³/mol. The lowest BCUT2D eigenvalue weighted by Crippen LogP contribution is -2.57. The van der Waals surface area contributed by atoms with Crippen molar-refractivity contribution in [3.63, 3.8) is 0 Å². The molecule has 1 aliphatic rings. The number of carbonyl (C=O) groups excluding carboxylic acids is 2. The normalized spacial score (nSPS) is 14.1. The number of carbonyl (C=O) groups is 2. The van der Waals surface area contributed by atoms with Crippen LogP contribution in [0.15, 0.2) is 46.9 Å². The minimum atomic E-state index is -0.557. The molecular weight excluding hydrogens is 460 g/mol. The fourth-order valence-corrected chi connectivity index (χ4v) is 3.82. The number of amides is 2. The SMILES string of the molecule is COc1ccc(CN(C(=O)C2CN(C(=O)OC(C)(C)C)C2)c2cc(C)ccc2Br)cc1. The first-order valence-corrected chi connectivity index (χ1v) is 11.0. The zero-order valence-electron chi connectivity index (χ0n) is 18.6. The average molecular weight is 489 g/mol. The summed E-state index contributed by atoms with van der Waals surface area (Å²) in [6, 6.07) is 13.6. The van der Waals surface area contributed by atoms with Crippen LogP contribution in [0.3, 0.4) is 0 Å². The summed E-state index contributed by atoms with van der Waals surface area (Å²) in [5.74, 6) is 0.491. The van der Waals surface area contributed by atoms with Gasteiger partial charge in [-0.15, -0.1) is 0 Å². The van der Waals surface area contributed by atoms with Gasteiger partial charge in [0.2, 0.25) is 5.91 Å². The van der Waals surface area contributed by atoms with Crippen LogP contribution < -0.4 is 9.64 Å². The molecule has 31 heavy (non-hydrogen) atoms. The summed E-state index contributed by atoms with van der Waals surface area (Å²) in [5, 5.41) is 0. The lowest BCUT2D eigenvalue weighted by Gasteiger charge is -2.41. The van der Waals surface area contributed by atoms with Crippen LogP contribution in [0.25, 0.3) is 0 Å². The van der Waals surface area contributed by atoms with Crippen molar-refractivity contribution in [3.05, 3.63) is 58.1 Å². The molecule has 2 amide bonds. The number of rotatable bonds is 5. The zero-order valence-corrected chi connectivity index (χ0v) is 20.2. The maximum absolute atomic E-state index is 13.5. The monoisotopic (exact) mass is 488 g/mol. The van der Waals surface area contributed by atoms with Gasteiger partial charge in [-0.25, -0.2) is 4.79 Å². The number of likely N-dealkylation sites (tertiary alicyclic amines) is 1. The fraction of sp³-hybridized carbons (Fsp3) is 0.417. The molecule has 2 aromatic rings. The molecule has 0 saturated carbocycles. The molecule has 0 atom stereocenters. The highest BCUT2D eigenvalue weighted by Gasteiger charge is 2.40. The van der Waals surface area contributed by atoms with E-state index in [-0.39, 0.29) is 17.9 Å². The Morgan fingerprint density at radius 2 is 1.77 bits per heavy atom. The molecule has 0 N–H and O–H groups in total. The van der Waals surface area contributed by atoms with Crippen LogP contribution >= 0.6 is 15.9 Å². The topological polar surface area (TPSA) is 59.1 Å². The molecule has 0 unspecified atom stereocenters. The summed E-state index contributed by atoms with van der Waals surface area (Å²) in [6.45, 7) is 8.64. The Morgan fingerprint density at radius 1 is 1.13 bits per heavy atom. The molecule has 3 rings (SSSR count). The van der Waals surface area contributed by atoms with Crippen molar-refractivity contribution < 1.29 is 19.1 Å².